The Hall–Kier alpha value is -1.16. The third kappa shape index (κ3) is 3.44. The molecule has 0 spiro atoms. The van der Waals surface area contributed by atoms with Gasteiger partial charge in [0.05, 0.1) is 29.4 Å². The van der Waals surface area contributed by atoms with E-state index in [1.165, 1.54) is 0 Å². The predicted octanol–water partition coefficient (Wildman–Crippen LogP) is 2.70. The molecule has 1 saturated heterocycles. The molecular formula is C15H19BrN2O5S. The first-order valence-electron chi connectivity index (χ1n) is 7.68. The Morgan fingerprint density at radius 2 is 2.33 bits per heavy atom. The number of H-pyrrole nitrogens is 1. The third-order valence-corrected chi connectivity index (χ3v) is 6.48. The molecule has 1 aliphatic heterocycles. The minimum absolute atomic E-state index is 0.0972. The van der Waals surface area contributed by atoms with E-state index in [0.717, 1.165) is 18.2 Å². The molecule has 1 aromatic carbocycles. The SMILES string of the molecule is COc1cc2cn[nH]c2c(CC(C2CCCCO2)S(=O)(=O)O)c1Br. The molecule has 1 aromatic heterocycles. The number of aromatic nitrogens is 2. The Morgan fingerprint density at radius 1 is 1.54 bits per heavy atom. The standard InChI is InChI=1S/C15H19BrN2O5S/c1-22-12-6-9-8-17-18-15(9)10(14(12)16)7-13(24(19,20)21)11-4-2-3-5-23-11/h6,8,11,13H,2-5,7H2,1H3,(H,17,18)(H,19,20,21). The van der Waals surface area contributed by atoms with Crippen LogP contribution in [0.2, 0.25) is 0 Å². The van der Waals surface area contributed by atoms with E-state index in [2.05, 4.69) is 26.1 Å². The second-order valence-corrected chi connectivity index (χ2v) is 8.30. The molecular weight excluding hydrogens is 400 g/mol. The van der Waals surface area contributed by atoms with Gasteiger partial charge < -0.3 is 9.47 Å². The van der Waals surface area contributed by atoms with Crippen molar-refractivity contribution in [3.8, 4) is 5.75 Å². The number of nitrogens with zero attached hydrogens (tertiary/aromatic N) is 1. The highest BCUT2D eigenvalue weighted by Gasteiger charge is 2.35. The molecule has 9 heteroatoms. The zero-order valence-electron chi connectivity index (χ0n) is 13.2. The molecule has 3 rings (SSSR count). The normalized spacial score (nSPS) is 20.2. The van der Waals surface area contributed by atoms with Gasteiger partial charge in [-0.15, -0.1) is 0 Å². The number of hydrogen-bond acceptors (Lipinski definition) is 5. The molecule has 2 unspecified atom stereocenters. The summed E-state index contributed by atoms with van der Waals surface area (Å²) in [5, 5.41) is 6.68. The second-order valence-electron chi connectivity index (χ2n) is 5.87. The fourth-order valence-electron chi connectivity index (χ4n) is 3.14. The number of rotatable bonds is 5. The number of ether oxygens (including phenoxy) is 2. The summed E-state index contributed by atoms with van der Waals surface area (Å²) in [4.78, 5) is 0. The van der Waals surface area contributed by atoms with Gasteiger partial charge in [0.1, 0.15) is 11.0 Å². The summed E-state index contributed by atoms with van der Waals surface area (Å²) >= 11 is 3.48. The average molecular weight is 419 g/mol. The summed E-state index contributed by atoms with van der Waals surface area (Å²) in [5.74, 6) is 0.581. The van der Waals surface area contributed by atoms with Gasteiger partial charge in [-0.2, -0.15) is 13.5 Å². The number of fused-ring (bicyclic) bond motifs is 1. The topological polar surface area (TPSA) is 102 Å². The summed E-state index contributed by atoms with van der Waals surface area (Å²) in [6.07, 6.45) is 3.62. The highest BCUT2D eigenvalue weighted by atomic mass is 79.9. The lowest BCUT2D eigenvalue weighted by Crippen LogP contribution is -2.39. The molecule has 24 heavy (non-hydrogen) atoms. The van der Waals surface area contributed by atoms with Gasteiger partial charge in [-0.05, 0) is 53.2 Å². The fraction of sp³-hybridized carbons (Fsp3) is 0.533. The monoisotopic (exact) mass is 418 g/mol. The van der Waals surface area contributed by atoms with Crippen LogP contribution in [0, 0.1) is 0 Å². The van der Waals surface area contributed by atoms with Crippen molar-refractivity contribution in [1.82, 2.24) is 10.2 Å². The van der Waals surface area contributed by atoms with Crippen LogP contribution in [0.5, 0.6) is 5.75 Å². The van der Waals surface area contributed by atoms with Crippen LogP contribution in [0.3, 0.4) is 0 Å². The molecule has 2 heterocycles. The Labute approximate surface area is 148 Å². The van der Waals surface area contributed by atoms with Gasteiger partial charge in [-0.25, -0.2) is 0 Å². The first-order valence-corrected chi connectivity index (χ1v) is 9.97. The molecule has 0 saturated carbocycles. The molecule has 1 aliphatic rings. The van der Waals surface area contributed by atoms with Crippen molar-refractivity contribution < 1.29 is 22.4 Å². The first kappa shape index (κ1) is 17.7. The Morgan fingerprint density at radius 3 is 2.96 bits per heavy atom. The van der Waals surface area contributed by atoms with Crippen molar-refractivity contribution in [1.29, 1.82) is 0 Å². The highest BCUT2D eigenvalue weighted by molar-refractivity contribution is 9.10. The van der Waals surface area contributed by atoms with E-state index in [9.17, 15) is 13.0 Å². The molecule has 0 bridgehead atoms. The number of benzene rings is 1. The quantitative estimate of drug-likeness (QED) is 0.723. The van der Waals surface area contributed by atoms with Crippen LogP contribution in [-0.2, 0) is 21.3 Å². The summed E-state index contributed by atoms with van der Waals surface area (Å²) in [5.41, 5.74) is 1.41. The van der Waals surface area contributed by atoms with Crippen LogP contribution < -0.4 is 4.74 Å². The van der Waals surface area contributed by atoms with Crippen molar-refractivity contribution in [2.24, 2.45) is 0 Å². The molecule has 2 atom stereocenters. The van der Waals surface area contributed by atoms with Gasteiger partial charge in [0, 0.05) is 12.0 Å². The van der Waals surface area contributed by atoms with Gasteiger partial charge in [0.25, 0.3) is 10.1 Å². The average Bonchev–Trinajstić information content (AvgIpc) is 3.01. The van der Waals surface area contributed by atoms with Gasteiger partial charge in [-0.1, -0.05) is 0 Å². The van der Waals surface area contributed by atoms with Crippen LogP contribution in [0.15, 0.2) is 16.7 Å². The van der Waals surface area contributed by atoms with E-state index in [4.69, 9.17) is 9.47 Å². The maximum atomic E-state index is 12.0. The smallest absolute Gasteiger partial charge is 0.270 e. The molecule has 2 N–H and O–H groups in total. The zero-order chi connectivity index (χ0) is 17.3. The van der Waals surface area contributed by atoms with Crippen LogP contribution in [0.1, 0.15) is 24.8 Å². The fourth-order valence-corrected chi connectivity index (χ4v) is 4.75. The molecule has 0 aliphatic carbocycles. The molecule has 132 valence electrons. The number of aromatic amines is 1. The lowest BCUT2D eigenvalue weighted by molar-refractivity contribution is 0.0125. The van der Waals surface area contributed by atoms with Crippen LogP contribution in [-0.4, -0.2) is 48.2 Å². The van der Waals surface area contributed by atoms with Crippen molar-refractivity contribution in [3.63, 3.8) is 0 Å². The van der Waals surface area contributed by atoms with E-state index in [1.54, 1.807) is 13.3 Å². The molecule has 7 nitrogen and oxygen atoms in total. The Bertz CT molecular complexity index is 830. The van der Waals surface area contributed by atoms with Crippen molar-refractivity contribution in [2.45, 2.75) is 37.0 Å². The zero-order valence-corrected chi connectivity index (χ0v) is 15.6. The van der Waals surface area contributed by atoms with Crippen LogP contribution >= 0.6 is 15.9 Å². The van der Waals surface area contributed by atoms with Crippen LogP contribution in [0.4, 0.5) is 0 Å². The van der Waals surface area contributed by atoms with Crippen molar-refractivity contribution in [3.05, 3.63) is 22.3 Å². The van der Waals surface area contributed by atoms with E-state index in [-0.39, 0.29) is 6.42 Å². The maximum absolute atomic E-state index is 12.0. The highest BCUT2D eigenvalue weighted by Crippen LogP contribution is 2.36. The van der Waals surface area contributed by atoms with Gasteiger partial charge in [0.2, 0.25) is 0 Å². The van der Waals surface area contributed by atoms with Gasteiger partial charge in [0.15, 0.2) is 0 Å². The minimum Gasteiger partial charge on any atom is -0.496 e. The second kappa shape index (κ2) is 6.99. The number of nitrogens with one attached hydrogen (secondary N) is 1. The summed E-state index contributed by atoms with van der Waals surface area (Å²) in [6, 6.07) is 1.81. The third-order valence-electron chi connectivity index (χ3n) is 4.38. The molecule has 2 aromatic rings. The summed E-state index contributed by atoms with van der Waals surface area (Å²) < 4.78 is 45.3. The first-order chi connectivity index (χ1) is 11.4. The van der Waals surface area contributed by atoms with Gasteiger partial charge >= 0.3 is 0 Å². The number of hydrogen-bond donors (Lipinski definition) is 2. The van der Waals surface area contributed by atoms with E-state index in [1.807, 2.05) is 6.07 Å². The van der Waals surface area contributed by atoms with Gasteiger partial charge in [-0.3, -0.25) is 9.65 Å². The van der Waals surface area contributed by atoms with E-state index < -0.39 is 21.5 Å². The predicted molar refractivity (Wildman–Crippen MR) is 93.0 cm³/mol. The molecule has 0 radical (unpaired) electrons. The Kier molecular flexibility index (Phi) is 5.14. The van der Waals surface area contributed by atoms with Crippen LogP contribution in [0.25, 0.3) is 10.9 Å². The van der Waals surface area contributed by atoms with E-state index >= 15 is 0 Å². The summed E-state index contributed by atoms with van der Waals surface area (Å²) in [6.45, 7) is 0.509. The Balaban J connectivity index is 2.05. The number of methoxy groups -OCH3 is 1. The van der Waals surface area contributed by atoms with Crippen molar-refractivity contribution in [2.75, 3.05) is 13.7 Å². The van der Waals surface area contributed by atoms with Crippen molar-refractivity contribution >= 4 is 37.0 Å². The summed E-state index contributed by atoms with van der Waals surface area (Å²) in [7, 11) is -2.73. The number of halogens is 1. The lowest BCUT2D eigenvalue weighted by Gasteiger charge is -2.29. The molecule has 0 amide bonds. The molecule has 1 fully saturated rings. The lowest BCUT2D eigenvalue weighted by atomic mass is 9.99. The van der Waals surface area contributed by atoms with E-state index in [0.29, 0.717) is 34.3 Å². The maximum Gasteiger partial charge on any atom is 0.270 e. The largest absolute Gasteiger partial charge is 0.496 e. The minimum atomic E-state index is -4.27.